The number of piperazine rings is 1. The zero-order valence-electron chi connectivity index (χ0n) is 10.7. The van der Waals surface area contributed by atoms with Crippen molar-refractivity contribution in [1.29, 1.82) is 0 Å². The maximum absolute atomic E-state index is 13.6. The van der Waals surface area contributed by atoms with Gasteiger partial charge in [-0.25, -0.2) is 4.39 Å². The molecule has 0 saturated carbocycles. The first-order valence-corrected chi connectivity index (χ1v) is 7.03. The lowest BCUT2D eigenvalue weighted by molar-refractivity contribution is 0.173. The van der Waals surface area contributed by atoms with Gasteiger partial charge >= 0.3 is 0 Å². The summed E-state index contributed by atoms with van der Waals surface area (Å²) in [7, 11) is 0. The lowest BCUT2D eigenvalue weighted by Crippen LogP contribution is -2.45. The Bertz CT molecular complexity index is 422. The maximum atomic E-state index is 13.6. The van der Waals surface area contributed by atoms with E-state index >= 15 is 0 Å². The smallest absolute Gasteiger partial charge is 0.137 e. The summed E-state index contributed by atoms with van der Waals surface area (Å²) in [4.78, 5) is 2.39. The van der Waals surface area contributed by atoms with Crippen LogP contribution in [0.5, 0.6) is 0 Å². The van der Waals surface area contributed by atoms with Crippen LogP contribution in [0.1, 0.15) is 18.0 Å². The lowest BCUT2D eigenvalue weighted by atomic mass is 10.0. The number of halogens is 3. The first-order chi connectivity index (χ1) is 8.74. The molecule has 1 saturated heterocycles. The average Bonchev–Trinajstić information content (AvgIpc) is 2.41. The molecule has 2 nitrogen and oxygen atoms in total. The summed E-state index contributed by atoms with van der Waals surface area (Å²) in [5.74, 6) is -0.198. The zero-order chi connectivity index (χ0) is 13.0. The Balaban J connectivity index is 0.00000180. The van der Waals surface area contributed by atoms with Crippen LogP contribution in [0.4, 0.5) is 4.39 Å². The molecule has 1 atom stereocenters. The molecule has 1 aliphatic heterocycles. The molecule has 0 aromatic heterocycles. The number of benzene rings is 1. The van der Waals surface area contributed by atoms with E-state index in [0.29, 0.717) is 4.47 Å². The second kappa shape index (κ2) is 8.00. The van der Waals surface area contributed by atoms with Gasteiger partial charge in [-0.05, 0) is 34.0 Å². The second-order valence-corrected chi connectivity index (χ2v) is 5.26. The van der Waals surface area contributed by atoms with Crippen LogP contribution < -0.4 is 5.32 Å². The van der Waals surface area contributed by atoms with E-state index in [0.717, 1.165) is 38.2 Å². The molecule has 0 bridgehead atoms. The minimum Gasteiger partial charge on any atom is -0.314 e. The summed E-state index contributed by atoms with van der Waals surface area (Å²) >= 11 is 3.37. The van der Waals surface area contributed by atoms with E-state index in [1.165, 1.54) is 6.07 Å². The van der Waals surface area contributed by atoms with Crippen molar-refractivity contribution in [3.8, 4) is 0 Å². The largest absolute Gasteiger partial charge is 0.314 e. The minimum absolute atomic E-state index is 0. The number of nitrogens with zero attached hydrogens (tertiary/aromatic N) is 1. The van der Waals surface area contributed by atoms with Crippen LogP contribution in [0.15, 0.2) is 35.3 Å². The van der Waals surface area contributed by atoms with E-state index in [1.807, 2.05) is 12.1 Å². The van der Waals surface area contributed by atoms with E-state index in [-0.39, 0.29) is 24.3 Å². The molecule has 1 aliphatic rings. The van der Waals surface area contributed by atoms with Gasteiger partial charge in [0.25, 0.3) is 0 Å². The number of hydrogen-bond acceptors (Lipinski definition) is 2. The maximum Gasteiger partial charge on any atom is 0.137 e. The highest BCUT2D eigenvalue weighted by Gasteiger charge is 2.23. The zero-order valence-corrected chi connectivity index (χ0v) is 13.1. The highest BCUT2D eigenvalue weighted by atomic mass is 79.9. The molecular weight excluding hydrogens is 331 g/mol. The first-order valence-electron chi connectivity index (χ1n) is 6.23. The highest BCUT2D eigenvalue weighted by Crippen LogP contribution is 2.32. The van der Waals surface area contributed by atoms with Crippen LogP contribution in [0, 0.1) is 5.82 Å². The monoisotopic (exact) mass is 348 g/mol. The van der Waals surface area contributed by atoms with Crippen molar-refractivity contribution in [2.75, 3.05) is 26.2 Å². The Morgan fingerprint density at radius 3 is 2.74 bits per heavy atom. The van der Waals surface area contributed by atoms with Gasteiger partial charge < -0.3 is 5.32 Å². The molecular formula is C14H19BrClFN2. The third-order valence-corrected chi connectivity index (χ3v) is 4.16. The number of rotatable bonds is 4. The Hall–Kier alpha value is -0.420. The summed E-state index contributed by atoms with van der Waals surface area (Å²) in [6.45, 7) is 7.77. The van der Waals surface area contributed by atoms with E-state index < -0.39 is 0 Å². The molecule has 2 rings (SSSR count). The topological polar surface area (TPSA) is 15.3 Å². The third kappa shape index (κ3) is 4.02. The standard InChI is InChI=1S/C14H18BrFN2.ClH/c1-2-4-13(18-9-7-17-8-10-18)11-5-3-6-12(16)14(11)15;/h2-3,5-6,13,17H,1,4,7-10H2;1H/t13-;/m1./s1. The normalized spacial score (nSPS) is 17.6. The molecule has 1 heterocycles. The lowest BCUT2D eigenvalue weighted by Gasteiger charge is -2.35. The molecule has 1 aromatic rings. The van der Waals surface area contributed by atoms with Gasteiger partial charge in [-0.1, -0.05) is 18.2 Å². The van der Waals surface area contributed by atoms with Crippen LogP contribution in [0.3, 0.4) is 0 Å². The number of nitrogens with one attached hydrogen (secondary N) is 1. The van der Waals surface area contributed by atoms with Gasteiger partial charge in [-0.2, -0.15) is 0 Å². The fourth-order valence-electron chi connectivity index (χ4n) is 2.40. The molecule has 1 N–H and O–H groups in total. The van der Waals surface area contributed by atoms with Crippen molar-refractivity contribution >= 4 is 28.3 Å². The van der Waals surface area contributed by atoms with Crippen molar-refractivity contribution in [3.63, 3.8) is 0 Å². The summed E-state index contributed by atoms with van der Waals surface area (Å²) < 4.78 is 14.2. The van der Waals surface area contributed by atoms with E-state index in [1.54, 1.807) is 6.07 Å². The predicted molar refractivity (Wildman–Crippen MR) is 83.3 cm³/mol. The van der Waals surface area contributed by atoms with Crippen LogP contribution >= 0.6 is 28.3 Å². The molecule has 0 aliphatic carbocycles. The Labute approximate surface area is 128 Å². The quantitative estimate of drug-likeness (QED) is 0.837. The van der Waals surface area contributed by atoms with Crippen molar-refractivity contribution in [2.24, 2.45) is 0 Å². The first kappa shape index (κ1) is 16.6. The van der Waals surface area contributed by atoms with Crippen LogP contribution in [-0.4, -0.2) is 31.1 Å². The predicted octanol–water partition coefficient (Wildman–Crippen LogP) is 3.53. The molecule has 0 amide bonds. The summed E-state index contributed by atoms with van der Waals surface area (Å²) in [6, 6.07) is 5.45. The van der Waals surface area contributed by atoms with Gasteiger partial charge in [-0.15, -0.1) is 19.0 Å². The van der Waals surface area contributed by atoms with Crippen molar-refractivity contribution < 1.29 is 4.39 Å². The van der Waals surface area contributed by atoms with E-state index in [2.05, 4.69) is 32.7 Å². The van der Waals surface area contributed by atoms with Gasteiger partial charge in [0, 0.05) is 32.2 Å². The molecule has 106 valence electrons. The Kier molecular flexibility index (Phi) is 7.00. The molecule has 5 heteroatoms. The number of hydrogen-bond donors (Lipinski definition) is 1. The van der Waals surface area contributed by atoms with Gasteiger partial charge in [0.05, 0.1) is 4.47 Å². The fraction of sp³-hybridized carbons (Fsp3) is 0.429. The molecule has 0 spiro atoms. The van der Waals surface area contributed by atoms with Crippen LogP contribution in [0.25, 0.3) is 0 Å². The minimum atomic E-state index is -0.198. The molecule has 0 radical (unpaired) electrons. The average molecular weight is 350 g/mol. The fourth-order valence-corrected chi connectivity index (χ4v) is 2.93. The molecule has 1 aromatic carbocycles. The van der Waals surface area contributed by atoms with Gasteiger partial charge in [0.15, 0.2) is 0 Å². The van der Waals surface area contributed by atoms with Gasteiger partial charge in [0.2, 0.25) is 0 Å². The molecule has 19 heavy (non-hydrogen) atoms. The van der Waals surface area contributed by atoms with Crippen molar-refractivity contribution in [3.05, 3.63) is 46.7 Å². The van der Waals surface area contributed by atoms with E-state index in [9.17, 15) is 4.39 Å². The van der Waals surface area contributed by atoms with Crippen molar-refractivity contribution in [1.82, 2.24) is 10.2 Å². The summed E-state index contributed by atoms with van der Waals surface area (Å²) in [5, 5.41) is 3.34. The molecule has 0 unspecified atom stereocenters. The van der Waals surface area contributed by atoms with Crippen molar-refractivity contribution in [2.45, 2.75) is 12.5 Å². The summed E-state index contributed by atoms with van der Waals surface area (Å²) in [6.07, 6.45) is 2.74. The second-order valence-electron chi connectivity index (χ2n) is 4.47. The summed E-state index contributed by atoms with van der Waals surface area (Å²) in [5.41, 5.74) is 1.01. The Morgan fingerprint density at radius 2 is 2.11 bits per heavy atom. The SMILES string of the molecule is C=CC[C@H](c1cccc(F)c1Br)N1CCNCC1.Cl. The van der Waals surface area contributed by atoms with Gasteiger partial charge in [-0.3, -0.25) is 4.90 Å². The van der Waals surface area contributed by atoms with Crippen LogP contribution in [0.2, 0.25) is 0 Å². The molecule has 1 fully saturated rings. The third-order valence-electron chi connectivity index (χ3n) is 3.32. The van der Waals surface area contributed by atoms with Crippen LogP contribution in [-0.2, 0) is 0 Å². The Morgan fingerprint density at radius 1 is 1.42 bits per heavy atom. The van der Waals surface area contributed by atoms with E-state index in [4.69, 9.17) is 0 Å². The van der Waals surface area contributed by atoms with Gasteiger partial charge in [0.1, 0.15) is 5.82 Å². The highest BCUT2D eigenvalue weighted by molar-refractivity contribution is 9.10.